The minimum atomic E-state index is -0.128. The van der Waals surface area contributed by atoms with E-state index in [2.05, 4.69) is 17.0 Å². The van der Waals surface area contributed by atoms with Crippen LogP contribution in [0.1, 0.15) is 25.7 Å². The third-order valence-corrected chi connectivity index (χ3v) is 5.20. The quantitative estimate of drug-likeness (QED) is 0.852. The number of benzene rings is 1. The highest BCUT2D eigenvalue weighted by atomic mass is 16.2. The molecule has 2 heterocycles. The van der Waals surface area contributed by atoms with Crippen molar-refractivity contribution < 1.29 is 9.59 Å². The van der Waals surface area contributed by atoms with Gasteiger partial charge in [-0.05, 0) is 25.0 Å². The van der Waals surface area contributed by atoms with Crippen molar-refractivity contribution in [3.63, 3.8) is 0 Å². The lowest BCUT2D eigenvalue weighted by Crippen LogP contribution is -2.49. The first-order valence-corrected chi connectivity index (χ1v) is 8.98. The lowest BCUT2D eigenvalue weighted by Gasteiger charge is -2.36. The molecule has 2 saturated heterocycles. The number of amides is 2. The number of anilines is 1. The Morgan fingerprint density at radius 3 is 2.46 bits per heavy atom. The van der Waals surface area contributed by atoms with Gasteiger partial charge in [-0.2, -0.15) is 0 Å². The van der Waals surface area contributed by atoms with E-state index in [0.29, 0.717) is 6.42 Å². The molecule has 2 aliphatic rings. The second-order valence-electron chi connectivity index (χ2n) is 6.86. The van der Waals surface area contributed by atoms with Crippen LogP contribution in [0.3, 0.4) is 0 Å². The number of hydrogen-bond donors (Lipinski definition) is 0. The van der Waals surface area contributed by atoms with Gasteiger partial charge in [0.2, 0.25) is 11.8 Å². The average molecular weight is 329 g/mol. The average Bonchev–Trinajstić information content (AvgIpc) is 2.78. The van der Waals surface area contributed by atoms with E-state index in [-0.39, 0.29) is 17.7 Å². The first-order chi connectivity index (χ1) is 11.6. The number of para-hydroxylation sites is 1. The zero-order valence-corrected chi connectivity index (χ0v) is 14.5. The van der Waals surface area contributed by atoms with Crippen molar-refractivity contribution in [1.82, 2.24) is 9.80 Å². The Bertz CT molecular complexity index is 567. The zero-order chi connectivity index (χ0) is 16.9. The van der Waals surface area contributed by atoms with Crippen LogP contribution in [0.15, 0.2) is 30.3 Å². The number of carbonyl (C=O) groups is 2. The Labute approximate surface area is 144 Å². The second kappa shape index (κ2) is 7.69. The van der Waals surface area contributed by atoms with Crippen molar-refractivity contribution in [2.75, 3.05) is 44.7 Å². The van der Waals surface area contributed by atoms with Gasteiger partial charge in [-0.3, -0.25) is 9.59 Å². The van der Waals surface area contributed by atoms with Crippen LogP contribution in [0.25, 0.3) is 0 Å². The number of hydrogen-bond acceptors (Lipinski definition) is 3. The summed E-state index contributed by atoms with van der Waals surface area (Å²) in [4.78, 5) is 31.0. The third kappa shape index (κ3) is 3.89. The lowest BCUT2D eigenvalue weighted by molar-refractivity contribution is -0.140. The Kier molecular flexibility index (Phi) is 5.38. The molecule has 0 N–H and O–H groups in total. The van der Waals surface area contributed by atoms with Gasteiger partial charge in [-0.15, -0.1) is 0 Å². The van der Waals surface area contributed by atoms with E-state index in [1.807, 2.05) is 30.1 Å². The maximum absolute atomic E-state index is 12.6. The Morgan fingerprint density at radius 2 is 1.75 bits per heavy atom. The molecule has 0 spiro atoms. The van der Waals surface area contributed by atoms with Gasteiger partial charge in [0.1, 0.15) is 0 Å². The number of rotatable bonds is 3. The third-order valence-electron chi connectivity index (χ3n) is 5.20. The van der Waals surface area contributed by atoms with Crippen molar-refractivity contribution in [3.8, 4) is 0 Å². The van der Waals surface area contributed by atoms with Gasteiger partial charge in [0.05, 0.1) is 0 Å². The van der Waals surface area contributed by atoms with Crippen molar-refractivity contribution in [2.24, 2.45) is 5.92 Å². The molecule has 1 unspecified atom stereocenters. The standard InChI is InChI=1S/C19H27N3O2/c1-20-10-6-5-7-16(19(20)24)15-18(23)22-13-11-21(12-14-22)17-8-3-2-4-9-17/h2-4,8-9,16H,5-7,10-15H2,1H3. The van der Waals surface area contributed by atoms with Crippen LogP contribution in [0, 0.1) is 5.92 Å². The Hall–Kier alpha value is -2.04. The van der Waals surface area contributed by atoms with Crippen molar-refractivity contribution in [2.45, 2.75) is 25.7 Å². The van der Waals surface area contributed by atoms with Crippen molar-refractivity contribution in [3.05, 3.63) is 30.3 Å². The molecule has 2 fully saturated rings. The van der Waals surface area contributed by atoms with Gasteiger partial charge in [0, 0.05) is 57.8 Å². The first-order valence-electron chi connectivity index (χ1n) is 8.98. The minimum absolute atomic E-state index is 0.128. The molecule has 5 heteroatoms. The smallest absolute Gasteiger partial charge is 0.225 e. The van der Waals surface area contributed by atoms with E-state index in [1.54, 1.807) is 4.90 Å². The monoisotopic (exact) mass is 329 g/mol. The largest absolute Gasteiger partial charge is 0.368 e. The zero-order valence-electron chi connectivity index (χ0n) is 14.5. The molecule has 0 radical (unpaired) electrons. The predicted molar refractivity (Wildman–Crippen MR) is 94.8 cm³/mol. The Morgan fingerprint density at radius 1 is 1.04 bits per heavy atom. The molecule has 1 aromatic rings. The molecule has 2 aliphatic heterocycles. The van der Waals surface area contributed by atoms with Gasteiger partial charge >= 0.3 is 0 Å². The van der Waals surface area contributed by atoms with E-state index in [0.717, 1.165) is 52.0 Å². The van der Waals surface area contributed by atoms with Crippen LogP contribution in [0.2, 0.25) is 0 Å². The fourth-order valence-electron chi connectivity index (χ4n) is 3.67. The molecule has 0 bridgehead atoms. The van der Waals surface area contributed by atoms with Crippen LogP contribution in [0.4, 0.5) is 5.69 Å². The number of piperazine rings is 1. The van der Waals surface area contributed by atoms with E-state index < -0.39 is 0 Å². The topological polar surface area (TPSA) is 43.9 Å². The normalized spacial score (nSPS) is 22.5. The van der Waals surface area contributed by atoms with Gasteiger partial charge < -0.3 is 14.7 Å². The molecular weight excluding hydrogens is 302 g/mol. The fourth-order valence-corrected chi connectivity index (χ4v) is 3.67. The Balaban J connectivity index is 1.52. The van der Waals surface area contributed by atoms with Crippen molar-refractivity contribution >= 4 is 17.5 Å². The molecule has 130 valence electrons. The summed E-state index contributed by atoms with van der Waals surface area (Å²) in [5, 5.41) is 0. The van der Waals surface area contributed by atoms with Gasteiger partial charge in [0.25, 0.3) is 0 Å². The molecule has 24 heavy (non-hydrogen) atoms. The maximum atomic E-state index is 12.6. The SMILES string of the molecule is CN1CCCCC(CC(=O)N2CCN(c3ccccc3)CC2)C1=O. The number of carbonyl (C=O) groups excluding carboxylic acids is 2. The van der Waals surface area contributed by atoms with E-state index in [4.69, 9.17) is 0 Å². The van der Waals surface area contributed by atoms with Crippen molar-refractivity contribution in [1.29, 1.82) is 0 Å². The highest BCUT2D eigenvalue weighted by molar-refractivity contribution is 5.86. The van der Waals surface area contributed by atoms with E-state index in [9.17, 15) is 9.59 Å². The van der Waals surface area contributed by atoms with Crippen LogP contribution in [0.5, 0.6) is 0 Å². The molecular formula is C19H27N3O2. The first kappa shape index (κ1) is 16.8. The summed E-state index contributed by atoms with van der Waals surface area (Å²) < 4.78 is 0. The minimum Gasteiger partial charge on any atom is -0.368 e. The van der Waals surface area contributed by atoms with Crippen LogP contribution in [-0.2, 0) is 9.59 Å². The molecule has 0 aliphatic carbocycles. The number of nitrogens with zero attached hydrogens (tertiary/aromatic N) is 3. The summed E-state index contributed by atoms with van der Waals surface area (Å²) in [5.41, 5.74) is 1.21. The summed E-state index contributed by atoms with van der Waals surface area (Å²) in [5.74, 6) is 0.150. The summed E-state index contributed by atoms with van der Waals surface area (Å²) >= 11 is 0. The molecule has 5 nitrogen and oxygen atoms in total. The maximum Gasteiger partial charge on any atom is 0.225 e. The number of likely N-dealkylation sites (tertiary alicyclic amines) is 1. The summed E-state index contributed by atoms with van der Waals surface area (Å²) in [6, 6.07) is 10.3. The van der Waals surface area contributed by atoms with Crippen LogP contribution < -0.4 is 4.90 Å². The summed E-state index contributed by atoms with van der Waals surface area (Å²) in [6.07, 6.45) is 3.30. The molecule has 1 aromatic carbocycles. The fraction of sp³-hybridized carbons (Fsp3) is 0.579. The molecule has 0 aromatic heterocycles. The van der Waals surface area contributed by atoms with Gasteiger partial charge in [-0.25, -0.2) is 0 Å². The van der Waals surface area contributed by atoms with Crippen LogP contribution >= 0.6 is 0 Å². The predicted octanol–water partition coefficient (Wildman–Crippen LogP) is 1.98. The summed E-state index contributed by atoms with van der Waals surface area (Å²) in [7, 11) is 1.85. The highest BCUT2D eigenvalue weighted by Crippen LogP contribution is 2.22. The molecule has 3 rings (SSSR count). The van der Waals surface area contributed by atoms with E-state index in [1.165, 1.54) is 5.69 Å². The molecule has 2 amide bonds. The molecule has 1 atom stereocenters. The lowest BCUT2D eigenvalue weighted by atomic mass is 9.97. The molecule has 0 saturated carbocycles. The highest BCUT2D eigenvalue weighted by Gasteiger charge is 2.29. The van der Waals surface area contributed by atoms with E-state index >= 15 is 0 Å². The summed E-state index contributed by atoms with van der Waals surface area (Å²) in [6.45, 7) is 4.01. The second-order valence-corrected chi connectivity index (χ2v) is 6.86. The van der Waals surface area contributed by atoms with Crippen LogP contribution in [-0.4, -0.2) is 61.4 Å². The van der Waals surface area contributed by atoms with Gasteiger partial charge in [0.15, 0.2) is 0 Å². The van der Waals surface area contributed by atoms with Gasteiger partial charge in [-0.1, -0.05) is 24.6 Å².